The van der Waals surface area contributed by atoms with Gasteiger partial charge in [0, 0.05) is 31.6 Å². The normalized spacial score (nSPS) is 19.7. The van der Waals surface area contributed by atoms with Crippen LogP contribution in [0.2, 0.25) is 0 Å². The van der Waals surface area contributed by atoms with Crippen LogP contribution in [0.3, 0.4) is 0 Å². The summed E-state index contributed by atoms with van der Waals surface area (Å²) in [6.45, 7) is 5.03. The van der Waals surface area contributed by atoms with E-state index in [4.69, 9.17) is 4.74 Å². The van der Waals surface area contributed by atoms with E-state index in [1.165, 1.54) is 0 Å². The van der Waals surface area contributed by atoms with E-state index in [-0.39, 0.29) is 11.9 Å². The van der Waals surface area contributed by atoms with Gasteiger partial charge in [0.2, 0.25) is 5.91 Å². The first-order valence-electron chi connectivity index (χ1n) is 6.42. The largest absolute Gasteiger partial charge is 0.378 e. The van der Waals surface area contributed by atoms with E-state index in [9.17, 15) is 4.79 Å². The van der Waals surface area contributed by atoms with Gasteiger partial charge in [0.1, 0.15) is 5.82 Å². The Morgan fingerprint density at radius 2 is 2.61 bits per heavy atom. The lowest BCUT2D eigenvalue weighted by molar-refractivity contribution is -0.117. The summed E-state index contributed by atoms with van der Waals surface area (Å²) in [5.74, 6) is 0.759. The highest BCUT2D eigenvalue weighted by Gasteiger charge is 2.17. The number of hydrogen-bond acceptors (Lipinski definition) is 4. The van der Waals surface area contributed by atoms with Crippen molar-refractivity contribution < 1.29 is 9.53 Å². The molecule has 2 heterocycles. The Kier molecular flexibility index (Phi) is 4.72. The van der Waals surface area contributed by atoms with Gasteiger partial charge in [-0.2, -0.15) is 5.10 Å². The Hall–Kier alpha value is -1.40. The van der Waals surface area contributed by atoms with Gasteiger partial charge in [-0.15, -0.1) is 0 Å². The molecule has 0 radical (unpaired) electrons. The molecule has 2 N–H and O–H groups in total. The molecule has 0 bridgehead atoms. The molecular formula is C12H20N4O2. The fraction of sp³-hybridized carbons (Fsp3) is 0.667. The molecule has 1 amide bonds. The number of aryl methyl sites for hydroxylation is 1. The molecule has 1 aliphatic heterocycles. The third-order valence-corrected chi connectivity index (χ3v) is 2.85. The number of nitrogens with one attached hydrogen (secondary N) is 2. The summed E-state index contributed by atoms with van der Waals surface area (Å²) in [6.07, 6.45) is 3.12. The third kappa shape index (κ3) is 3.54. The molecule has 2 rings (SSSR count). The van der Waals surface area contributed by atoms with Gasteiger partial charge in [-0.05, 0) is 6.42 Å². The number of carbonyl (C=O) groups is 1. The summed E-state index contributed by atoms with van der Waals surface area (Å²) in [5.41, 5.74) is 0. The van der Waals surface area contributed by atoms with E-state index in [0.717, 1.165) is 31.9 Å². The second-order valence-corrected chi connectivity index (χ2v) is 4.42. The lowest BCUT2D eigenvalue weighted by Gasteiger charge is -2.23. The zero-order valence-corrected chi connectivity index (χ0v) is 10.7. The van der Waals surface area contributed by atoms with Crippen LogP contribution in [0.1, 0.15) is 19.8 Å². The van der Waals surface area contributed by atoms with Crippen molar-refractivity contribution in [2.75, 3.05) is 25.1 Å². The first-order chi connectivity index (χ1) is 8.79. The Morgan fingerprint density at radius 1 is 1.72 bits per heavy atom. The highest BCUT2D eigenvalue weighted by Crippen LogP contribution is 2.08. The molecule has 6 nitrogen and oxygen atoms in total. The van der Waals surface area contributed by atoms with E-state index in [0.29, 0.717) is 13.0 Å². The minimum atomic E-state index is -0.00384. The second-order valence-electron chi connectivity index (χ2n) is 4.42. The van der Waals surface area contributed by atoms with Gasteiger partial charge in [-0.1, -0.05) is 6.92 Å². The SMILES string of the molecule is CCCn1nccc1NC(=O)CC1COCCN1. The average Bonchev–Trinajstić information content (AvgIpc) is 2.78. The molecule has 0 saturated carbocycles. The minimum absolute atomic E-state index is 0.00384. The Balaban J connectivity index is 1.84. The van der Waals surface area contributed by atoms with Crippen LogP contribution in [0, 0.1) is 0 Å². The maximum Gasteiger partial charge on any atom is 0.227 e. The van der Waals surface area contributed by atoms with Crippen LogP contribution in [0.4, 0.5) is 5.82 Å². The van der Waals surface area contributed by atoms with Gasteiger partial charge in [-0.25, -0.2) is 4.68 Å². The van der Waals surface area contributed by atoms with Crippen molar-refractivity contribution in [1.29, 1.82) is 0 Å². The van der Waals surface area contributed by atoms with Gasteiger partial charge in [0.05, 0.1) is 19.4 Å². The number of amides is 1. The van der Waals surface area contributed by atoms with Crippen molar-refractivity contribution in [3.05, 3.63) is 12.3 Å². The predicted octanol–water partition coefficient (Wildman–Crippen LogP) is 0.610. The molecule has 1 unspecified atom stereocenters. The Labute approximate surface area is 107 Å². The van der Waals surface area contributed by atoms with Crippen LogP contribution in [-0.4, -0.2) is 41.5 Å². The smallest absolute Gasteiger partial charge is 0.227 e. The van der Waals surface area contributed by atoms with E-state index < -0.39 is 0 Å². The number of anilines is 1. The number of rotatable bonds is 5. The van der Waals surface area contributed by atoms with Crippen LogP contribution >= 0.6 is 0 Å². The molecule has 0 spiro atoms. The second kappa shape index (κ2) is 6.51. The van der Waals surface area contributed by atoms with Gasteiger partial charge < -0.3 is 15.4 Å². The van der Waals surface area contributed by atoms with Gasteiger partial charge >= 0.3 is 0 Å². The number of aromatic nitrogens is 2. The molecule has 6 heteroatoms. The lowest BCUT2D eigenvalue weighted by atomic mass is 10.2. The molecule has 1 aromatic rings. The molecule has 1 fully saturated rings. The standard InChI is InChI=1S/C12H20N4O2/c1-2-6-16-11(3-4-14-16)15-12(17)8-10-9-18-7-5-13-10/h3-4,10,13H,2,5-9H2,1H3,(H,15,17). The number of nitrogens with zero attached hydrogens (tertiary/aromatic N) is 2. The average molecular weight is 252 g/mol. The minimum Gasteiger partial charge on any atom is -0.378 e. The van der Waals surface area contributed by atoms with E-state index in [2.05, 4.69) is 22.7 Å². The van der Waals surface area contributed by atoms with Crippen LogP contribution in [-0.2, 0) is 16.1 Å². The molecule has 0 aliphatic carbocycles. The Morgan fingerprint density at radius 3 is 3.33 bits per heavy atom. The zero-order chi connectivity index (χ0) is 12.8. The number of hydrogen-bond donors (Lipinski definition) is 2. The van der Waals surface area contributed by atoms with Crippen molar-refractivity contribution in [3.63, 3.8) is 0 Å². The quantitative estimate of drug-likeness (QED) is 0.805. The highest BCUT2D eigenvalue weighted by atomic mass is 16.5. The first kappa shape index (κ1) is 13.0. The van der Waals surface area contributed by atoms with Gasteiger partial charge in [0.15, 0.2) is 0 Å². The summed E-state index contributed by atoms with van der Waals surface area (Å²) in [5, 5.41) is 10.3. The van der Waals surface area contributed by atoms with E-state index in [1.54, 1.807) is 6.20 Å². The maximum absolute atomic E-state index is 11.9. The van der Waals surface area contributed by atoms with Crippen LogP contribution in [0.15, 0.2) is 12.3 Å². The monoisotopic (exact) mass is 252 g/mol. The predicted molar refractivity (Wildman–Crippen MR) is 68.4 cm³/mol. The molecule has 1 saturated heterocycles. The van der Waals surface area contributed by atoms with Crippen molar-refractivity contribution in [2.45, 2.75) is 32.4 Å². The molecule has 0 aromatic carbocycles. The molecule has 100 valence electrons. The summed E-state index contributed by atoms with van der Waals surface area (Å²) < 4.78 is 7.13. The fourth-order valence-corrected chi connectivity index (χ4v) is 2.00. The van der Waals surface area contributed by atoms with Crippen LogP contribution in [0.25, 0.3) is 0 Å². The zero-order valence-electron chi connectivity index (χ0n) is 10.7. The molecule has 1 aliphatic rings. The first-order valence-corrected chi connectivity index (χ1v) is 6.42. The van der Waals surface area contributed by atoms with Crippen LogP contribution < -0.4 is 10.6 Å². The van der Waals surface area contributed by atoms with Crippen molar-refractivity contribution >= 4 is 11.7 Å². The van der Waals surface area contributed by atoms with Crippen molar-refractivity contribution in [1.82, 2.24) is 15.1 Å². The van der Waals surface area contributed by atoms with Crippen LogP contribution in [0.5, 0.6) is 0 Å². The summed E-state index contributed by atoms with van der Waals surface area (Å²) in [6, 6.07) is 1.93. The van der Waals surface area contributed by atoms with E-state index >= 15 is 0 Å². The lowest BCUT2D eigenvalue weighted by Crippen LogP contribution is -2.43. The molecular weight excluding hydrogens is 232 g/mol. The van der Waals surface area contributed by atoms with Crippen molar-refractivity contribution in [2.24, 2.45) is 0 Å². The number of carbonyl (C=O) groups excluding carboxylic acids is 1. The highest BCUT2D eigenvalue weighted by molar-refractivity contribution is 5.90. The topological polar surface area (TPSA) is 68.2 Å². The summed E-state index contributed by atoms with van der Waals surface area (Å²) >= 11 is 0. The molecule has 18 heavy (non-hydrogen) atoms. The fourth-order valence-electron chi connectivity index (χ4n) is 2.00. The molecule has 1 aromatic heterocycles. The number of morpholine rings is 1. The Bertz CT molecular complexity index is 385. The van der Waals surface area contributed by atoms with Gasteiger partial charge in [-0.3, -0.25) is 4.79 Å². The summed E-state index contributed by atoms with van der Waals surface area (Å²) in [7, 11) is 0. The van der Waals surface area contributed by atoms with Gasteiger partial charge in [0.25, 0.3) is 0 Å². The maximum atomic E-state index is 11.9. The molecule has 1 atom stereocenters. The third-order valence-electron chi connectivity index (χ3n) is 2.85. The summed E-state index contributed by atoms with van der Waals surface area (Å²) in [4.78, 5) is 11.9. The van der Waals surface area contributed by atoms with Crippen molar-refractivity contribution in [3.8, 4) is 0 Å². The number of ether oxygens (including phenoxy) is 1. The van der Waals surface area contributed by atoms with E-state index in [1.807, 2.05) is 10.7 Å².